The van der Waals surface area contributed by atoms with Crippen LogP contribution in [0.25, 0.3) is 16.6 Å². The largest absolute Gasteiger partial charge is 0.462 e. The van der Waals surface area contributed by atoms with Gasteiger partial charge >= 0.3 is 5.97 Å². The van der Waals surface area contributed by atoms with E-state index in [0.29, 0.717) is 11.1 Å². The second kappa shape index (κ2) is 6.08. The monoisotopic (exact) mass is 307 g/mol. The smallest absolute Gasteiger partial charge is 0.343 e. The van der Waals surface area contributed by atoms with Gasteiger partial charge in [-0.25, -0.2) is 4.79 Å². The molecule has 0 saturated carbocycles. The van der Waals surface area contributed by atoms with E-state index in [1.807, 2.05) is 47.0 Å². The Balaban J connectivity index is 2.43. The first-order valence-electron chi connectivity index (χ1n) is 7.52. The molecule has 2 aromatic carbocycles. The summed E-state index contributed by atoms with van der Waals surface area (Å²) in [6.07, 6.45) is 0. The fourth-order valence-corrected chi connectivity index (χ4v) is 2.81. The molecule has 0 radical (unpaired) electrons. The Morgan fingerprint density at radius 1 is 1.04 bits per heavy atom. The van der Waals surface area contributed by atoms with Gasteiger partial charge in [0.15, 0.2) is 0 Å². The van der Waals surface area contributed by atoms with Crippen LogP contribution in [0, 0.1) is 6.92 Å². The number of pyridine rings is 1. The lowest BCUT2D eigenvalue weighted by molar-refractivity contribution is 0.0523. The van der Waals surface area contributed by atoms with Crippen molar-refractivity contribution in [1.29, 1.82) is 0 Å². The van der Waals surface area contributed by atoms with Gasteiger partial charge in [-0.15, -0.1) is 0 Å². The summed E-state index contributed by atoms with van der Waals surface area (Å²) in [5, 5.41) is 0.505. The summed E-state index contributed by atoms with van der Waals surface area (Å²) in [7, 11) is 0. The molecular formula is C19H17NO3. The third-order valence-corrected chi connectivity index (χ3v) is 3.81. The first-order valence-corrected chi connectivity index (χ1v) is 7.52. The standard InChI is InChI=1S/C19H17NO3/c1-3-23-19(22)17-13(2)20(14-9-5-4-6-10-14)16-12-8-7-11-15(16)18(17)21/h4-12H,3H2,1-2H3. The lowest BCUT2D eigenvalue weighted by Gasteiger charge is -2.17. The normalized spacial score (nSPS) is 10.7. The van der Waals surface area contributed by atoms with Gasteiger partial charge in [-0.05, 0) is 38.1 Å². The fourth-order valence-electron chi connectivity index (χ4n) is 2.81. The lowest BCUT2D eigenvalue weighted by Crippen LogP contribution is -2.23. The van der Waals surface area contributed by atoms with Crippen molar-refractivity contribution < 1.29 is 9.53 Å². The second-order valence-corrected chi connectivity index (χ2v) is 5.20. The van der Waals surface area contributed by atoms with Gasteiger partial charge in [0.2, 0.25) is 5.43 Å². The minimum absolute atomic E-state index is 0.0920. The SMILES string of the molecule is CCOC(=O)c1c(C)n(-c2ccccc2)c2ccccc2c1=O. The molecule has 0 fully saturated rings. The predicted octanol–water partition coefficient (Wildman–Crippen LogP) is 3.48. The highest BCUT2D eigenvalue weighted by atomic mass is 16.5. The quantitative estimate of drug-likeness (QED) is 0.696. The maximum absolute atomic E-state index is 12.7. The summed E-state index contributed by atoms with van der Waals surface area (Å²) in [4.78, 5) is 25.0. The second-order valence-electron chi connectivity index (χ2n) is 5.20. The molecule has 0 N–H and O–H groups in total. The number of hydrogen-bond donors (Lipinski definition) is 0. The molecule has 0 atom stereocenters. The van der Waals surface area contributed by atoms with E-state index in [-0.39, 0.29) is 17.6 Å². The number of nitrogens with zero attached hydrogens (tertiary/aromatic N) is 1. The van der Waals surface area contributed by atoms with Crippen LogP contribution in [0.1, 0.15) is 23.0 Å². The molecule has 4 nitrogen and oxygen atoms in total. The van der Waals surface area contributed by atoms with Gasteiger partial charge in [-0.2, -0.15) is 0 Å². The van der Waals surface area contributed by atoms with Crippen LogP contribution >= 0.6 is 0 Å². The van der Waals surface area contributed by atoms with Gasteiger partial charge in [0.05, 0.1) is 12.1 Å². The van der Waals surface area contributed by atoms with Gasteiger partial charge in [0, 0.05) is 16.8 Å². The molecule has 0 aliphatic carbocycles. The van der Waals surface area contributed by atoms with E-state index in [0.717, 1.165) is 11.2 Å². The molecule has 3 aromatic rings. The molecular weight excluding hydrogens is 290 g/mol. The van der Waals surface area contributed by atoms with Crippen LogP contribution in [0.5, 0.6) is 0 Å². The number of carbonyl (C=O) groups is 1. The number of benzene rings is 2. The average molecular weight is 307 g/mol. The minimum Gasteiger partial charge on any atom is -0.462 e. The number of hydrogen-bond acceptors (Lipinski definition) is 3. The van der Waals surface area contributed by atoms with Crippen LogP contribution in [0.15, 0.2) is 59.4 Å². The zero-order valence-corrected chi connectivity index (χ0v) is 13.1. The maximum Gasteiger partial charge on any atom is 0.343 e. The summed E-state index contributed by atoms with van der Waals surface area (Å²) in [5.74, 6) is -0.578. The molecule has 0 spiro atoms. The number of fused-ring (bicyclic) bond motifs is 1. The minimum atomic E-state index is -0.578. The lowest BCUT2D eigenvalue weighted by atomic mass is 10.1. The highest BCUT2D eigenvalue weighted by Crippen LogP contribution is 2.21. The van der Waals surface area contributed by atoms with Crippen molar-refractivity contribution in [3.8, 4) is 5.69 Å². The number of carbonyl (C=O) groups excluding carboxylic acids is 1. The summed E-state index contributed by atoms with van der Waals surface area (Å²) in [6, 6.07) is 16.9. The molecule has 1 heterocycles. The van der Waals surface area contributed by atoms with Crippen molar-refractivity contribution in [2.75, 3.05) is 6.61 Å². The average Bonchev–Trinajstić information content (AvgIpc) is 2.56. The Hall–Kier alpha value is -2.88. The summed E-state index contributed by atoms with van der Waals surface area (Å²) < 4.78 is 7.00. The first kappa shape index (κ1) is 15.0. The molecule has 0 bridgehead atoms. The molecule has 0 saturated heterocycles. The fraction of sp³-hybridized carbons (Fsp3) is 0.158. The van der Waals surface area contributed by atoms with Crippen molar-refractivity contribution >= 4 is 16.9 Å². The number of para-hydroxylation sites is 2. The molecule has 0 amide bonds. The van der Waals surface area contributed by atoms with Crippen LogP contribution in [-0.4, -0.2) is 17.1 Å². The topological polar surface area (TPSA) is 48.3 Å². The maximum atomic E-state index is 12.7. The van der Waals surface area contributed by atoms with E-state index in [1.165, 1.54) is 0 Å². The van der Waals surface area contributed by atoms with E-state index in [4.69, 9.17) is 4.74 Å². The van der Waals surface area contributed by atoms with Gasteiger partial charge in [0.1, 0.15) is 5.56 Å². The number of ether oxygens (including phenoxy) is 1. The molecule has 4 heteroatoms. The number of aromatic nitrogens is 1. The Kier molecular flexibility index (Phi) is 3.98. The molecule has 0 aliphatic heterocycles. The molecule has 23 heavy (non-hydrogen) atoms. The Bertz CT molecular complexity index is 926. The van der Waals surface area contributed by atoms with Crippen LogP contribution in [0.2, 0.25) is 0 Å². The summed E-state index contributed by atoms with van der Waals surface area (Å²) in [6.45, 7) is 3.73. The van der Waals surface area contributed by atoms with Crippen molar-refractivity contribution in [2.45, 2.75) is 13.8 Å². The molecule has 1 aromatic heterocycles. The highest BCUT2D eigenvalue weighted by Gasteiger charge is 2.21. The van der Waals surface area contributed by atoms with Crippen LogP contribution in [-0.2, 0) is 4.74 Å². The molecule has 3 rings (SSSR count). The third-order valence-electron chi connectivity index (χ3n) is 3.81. The number of rotatable bonds is 3. The van der Waals surface area contributed by atoms with E-state index in [2.05, 4.69) is 0 Å². The molecule has 0 aliphatic rings. The van der Waals surface area contributed by atoms with E-state index >= 15 is 0 Å². The molecule has 116 valence electrons. The van der Waals surface area contributed by atoms with Crippen molar-refractivity contribution in [2.24, 2.45) is 0 Å². The first-order chi connectivity index (χ1) is 11.1. The van der Waals surface area contributed by atoms with Gasteiger partial charge < -0.3 is 9.30 Å². The highest BCUT2D eigenvalue weighted by molar-refractivity contribution is 5.95. The molecule has 0 unspecified atom stereocenters. The predicted molar refractivity (Wildman–Crippen MR) is 90.2 cm³/mol. The number of esters is 1. The Morgan fingerprint density at radius 2 is 1.70 bits per heavy atom. The van der Waals surface area contributed by atoms with Gasteiger partial charge in [-0.3, -0.25) is 4.79 Å². The Morgan fingerprint density at radius 3 is 2.39 bits per heavy atom. The van der Waals surface area contributed by atoms with E-state index in [1.54, 1.807) is 26.0 Å². The van der Waals surface area contributed by atoms with Crippen LogP contribution < -0.4 is 5.43 Å². The third kappa shape index (κ3) is 2.52. The summed E-state index contributed by atoms with van der Waals surface area (Å²) >= 11 is 0. The van der Waals surface area contributed by atoms with Crippen molar-refractivity contribution in [3.05, 3.63) is 76.1 Å². The van der Waals surface area contributed by atoms with Crippen LogP contribution in [0.4, 0.5) is 0 Å². The van der Waals surface area contributed by atoms with Gasteiger partial charge in [0.25, 0.3) is 0 Å². The van der Waals surface area contributed by atoms with Crippen LogP contribution in [0.3, 0.4) is 0 Å². The zero-order chi connectivity index (χ0) is 16.4. The van der Waals surface area contributed by atoms with E-state index in [9.17, 15) is 9.59 Å². The Labute approximate surface area is 133 Å². The zero-order valence-electron chi connectivity index (χ0n) is 13.1. The van der Waals surface area contributed by atoms with Gasteiger partial charge in [-0.1, -0.05) is 30.3 Å². The summed E-state index contributed by atoms with van der Waals surface area (Å²) in [5.41, 5.74) is 2.05. The van der Waals surface area contributed by atoms with Crippen molar-refractivity contribution in [3.63, 3.8) is 0 Å². The van der Waals surface area contributed by atoms with Crippen molar-refractivity contribution in [1.82, 2.24) is 4.57 Å². The van der Waals surface area contributed by atoms with E-state index < -0.39 is 5.97 Å².